The van der Waals surface area contributed by atoms with Crippen molar-refractivity contribution in [1.82, 2.24) is 15.0 Å². The number of aromatic nitrogens is 3. The van der Waals surface area contributed by atoms with E-state index >= 15 is 0 Å². The first-order valence-corrected chi connectivity index (χ1v) is 10.2. The minimum absolute atomic E-state index is 0.274. The molecule has 4 aromatic heterocycles. The zero-order valence-electron chi connectivity index (χ0n) is 16.8. The van der Waals surface area contributed by atoms with Crippen LogP contribution in [-0.2, 0) is 9.59 Å². The molecule has 0 aliphatic carbocycles. The van der Waals surface area contributed by atoms with E-state index in [0.717, 1.165) is 10.4 Å². The summed E-state index contributed by atoms with van der Waals surface area (Å²) in [6, 6.07) is 13.9. The molecule has 156 valence electrons. The lowest BCUT2D eigenvalue weighted by atomic mass is 10.1. The average molecular weight is 441 g/mol. The molecule has 0 fully saturated rings. The monoisotopic (exact) mass is 441 g/mol. The molecule has 0 aromatic carbocycles. The Bertz CT molecular complexity index is 1350. The number of aryl methyl sites for hydroxylation is 1. The number of pyridine rings is 3. The van der Waals surface area contributed by atoms with Gasteiger partial charge in [-0.1, -0.05) is 11.8 Å². The molecule has 0 aliphatic rings. The number of rotatable bonds is 6. The highest BCUT2D eigenvalue weighted by Gasteiger charge is 2.11. The normalized spacial score (nSPS) is 10.0. The van der Waals surface area contributed by atoms with Gasteiger partial charge in [0.1, 0.15) is 11.5 Å². The van der Waals surface area contributed by atoms with E-state index in [0.29, 0.717) is 41.5 Å². The standard InChI is InChI=1S/C24H15N3O4S/c1-16-2-4-20(32-16)5-3-17-6-8-25-21(10-17)23-12-19(31-15-29)13-24(27-23)22-11-18(30-14-28)7-9-26-22/h2,4,6-15H,1H3. The third kappa shape index (κ3) is 5.03. The van der Waals surface area contributed by atoms with Crippen molar-refractivity contribution in [2.45, 2.75) is 6.92 Å². The maximum Gasteiger partial charge on any atom is 0.298 e. The van der Waals surface area contributed by atoms with Gasteiger partial charge in [0.05, 0.1) is 27.7 Å². The highest BCUT2D eigenvalue weighted by molar-refractivity contribution is 7.12. The summed E-state index contributed by atoms with van der Waals surface area (Å²) in [6.45, 7) is 2.70. The lowest BCUT2D eigenvalue weighted by molar-refractivity contribution is -0.121. The van der Waals surface area contributed by atoms with Gasteiger partial charge in [-0.05, 0) is 37.3 Å². The first-order chi connectivity index (χ1) is 15.6. The van der Waals surface area contributed by atoms with Crippen molar-refractivity contribution in [3.8, 4) is 46.1 Å². The molecule has 32 heavy (non-hydrogen) atoms. The van der Waals surface area contributed by atoms with Crippen LogP contribution >= 0.6 is 11.3 Å². The summed E-state index contributed by atoms with van der Waals surface area (Å²) in [4.78, 5) is 37.0. The van der Waals surface area contributed by atoms with Crippen molar-refractivity contribution < 1.29 is 19.1 Å². The van der Waals surface area contributed by atoms with Crippen LogP contribution in [0.25, 0.3) is 22.8 Å². The molecule has 0 saturated carbocycles. The number of hydrogen-bond acceptors (Lipinski definition) is 8. The Morgan fingerprint density at radius 1 is 0.781 bits per heavy atom. The third-order valence-electron chi connectivity index (χ3n) is 4.25. The van der Waals surface area contributed by atoms with Crippen LogP contribution in [0.15, 0.2) is 60.9 Å². The van der Waals surface area contributed by atoms with Crippen LogP contribution in [0.5, 0.6) is 11.5 Å². The summed E-state index contributed by atoms with van der Waals surface area (Å²) < 4.78 is 9.93. The van der Waals surface area contributed by atoms with Gasteiger partial charge in [0.25, 0.3) is 12.9 Å². The van der Waals surface area contributed by atoms with Crippen LogP contribution < -0.4 is 9.47 Å². The first kappa shape index (κ1) is 20.9. The van der Waals surface area contributed by atoms with Crippen LogP contribution in [0.3, 0.4) is 0 Å². The Hall–Kier alpha value is -4.35. The smallest absolute Gasteiger partial charge is 0.298 e. The minimum atomic E-state index is 0.274. The van der Waals surface area contributed by atoms with Crippen molar-refractivity contribution in [2.75, 3.05) is 0 Å². The Labute approximate surface area is 187 Å². The molecular formula is C24H15N3O4S. The Morgan fingerprint density at radius 3 is 2.12 bits per heavy atom. The molecule has 0 radical (unpaired) electrons. The van der Waals surface area contributed by atoms with E-state index in [4.69, 9.17) is 9.47 Å². The molecule has 0 unspecified atom stereocenters. The van der Waals surface area contributed by atoms with Gasteiger partial charge in [0, 0.05) is 41.0 Å². The minimum Gasteiger partial charge on any atom is -0.429 e. The Morgan fingerprint density at radius 2 is 1.44 bits per heavy atom. The van der Waals surface area contributed by atoms with E-state index in [1.165, 1.54) is 11.1 Å². The zero-order valence-corrected chi connectivity index (χ0v) is 17.6. The zero-order chi connectivity index (χ0) is 22.3. The van der Waals surface area contributed by atoms with Crippen molar-refractivity contribution in [3.63, 3.8) is 0 Å². The van der Waals surface area contributed by atoms with Crippen molar-refractivity contribution >= 4 is 24.3 Å². The van der Waals surface area contributed by atoms with Crippen molar-refractivity contribution in [2.24, 2.45) is 0 Å². The van der Waals surface area contributed by atoms with Crippen LogP contribution in [0.4, 0.5) is 0 Å². The molecular weight excluding hydrogens is 426 g/mol. The SMILES string of the molecule is Cc1ccc(C#Cc2ccnc(-c3cc(OC=O)cc(-c4cc(OC=O)ccn4)n3)c2)s1. The lowest BCUT2D eigenvalue weighted by Gasteiger charge is -2.08. The van der Waals surface area contributed by atoms with Gasteiger partial charge in [-0.3, -0.25) is 19.6 Å². The average Bonchev–Trinajstić information content (AvgIpc) is 3.23. The summed E-state index contributed by atoms with van der Waals surface area (Å²) in [5, 5.41) is 0. The summed E-state index contributed by atoms with van der Waals surface area (Å²) in [6.07, 6.45) is 3.13. The maximum absolute atomic E-state index is 10.9. The first-order valence-electron chi connectivity index (χ1n) is 9.38. The highest BCUT2D eigenvalue weighted by atomic mass is 32.1. The molecule has 4 aromatic rings. The molecule has 0 atom stereocenters. The molecule has 0 bridgehead atoms. The quantitative estimate of drug-likeness (QED) is 0.329. The number of hydrogen-bond donors (Lipinski definition) is 0. The predicted molar refractivity (Wildman–Crippen MR) is 119 cm³/mol. The number of thiophene rings is 1. The van der Waals surface area contributed by atoms with Gasteiger partial charge in [0.2, 0.25) is 0 Å². The van der Waals surface area contributed by atoms with Crippen molar-refractivity contribution in [3.05, 3.63) is 76.2 Å². The van der Waals surface area contributed by atoms with Gasteiger partial charge >= 0.3 is 0 Å². The van der Waals surface area contributed by atoms with Gasteiger partial charge < -0.3 is 9.47 Å². The van der Waals surface area contributed by atoms with Gasteiger partial charge in [-0.15, -0.1) is 11.3 Å². The highest BCUT2D eigenvalue weighted by Crippen LogP contribution is 2.28. The molecule has 7 nitrogen and oxygen atoms in total. The van der Waals surface area contributed by atoms with Gasteiger partial charge in [-0.2, -0.15) is 0 Å². The van der Waals surface area contributed by atoms with E-state index in [1.54, 1.807) is 41.8 Å². The molecule has 4 heterocycles. The fourth-order valence-corrected chi connectivity index (χ4v) is 3.58. The lowest BCUT2D eigenvalue weighted by Crippen LogP contribution is -1.97. The topological polar surface area (TPSA) is 91.3 Å². The number of nitrogens with zero attached hydrogens (tertiary/aromatic N) is 3. The fourth-order valence-electron chi connectivity index (χ4n) is 2.86. The largest absolute Gasteiger partial charge is 0.429 e. The fraction of sp³-hybridized carbons (Fsp3) is 0.0417. The van der Waals surface area contributed by atoms with E-state index < -0.39 is 0 Å². The van der Waals surface area contributed by atoms with Crippen LogP contribution in [0.2, 0.25) is 0 Å². The molecule has 0 amide bonds. The van der Waals surface area contributed by atoms with Crippen LogP contribution in [-0.4, -0.2) is 27.9 Å². The number of carbonyl (C=O) groups is 2. The second-order valence-corrected chi connectivity index (χ2v) is 7.76. The molecule has 0 N–H and O–H groups in total. The van der Waals surface area contributed by atoms with E-state index in [-0.39, 0.29) is 5.75 Å². The molecule has 4 rings (SSSR count). The number of carbonyl (C=O) groups excluding carboxylic acids is 2. The summed E-state index contributed by atoms with van der Waals surface area (Å²) in [7, 11) is 0. The second-order valence-electron chi connectivity index (χ2n) is 6.47. The van der Waals surface area contributed by atoms with E-state index in [9.17, 15) is 9.59 Å². The van der Waals surface area contributed by atoms with Gasteiger partial charge in [0.15, 0.2) is 0 Å². The van der Waals surface area contributed by atoms with Gasteiger partial charge in [-0.25, -0.2) is 4.98 Å². The van der Waals surface area contributed by atoms with E-state index in [2.05, 4.69) is 26.8 Å². The van der Waals surface area contributed by atoms with Crippen LogP contribution in [0.1, 0.15) is 15.3 Å². The predicted octanol–water partition coefficient (Wildman–Crippen LogP) is 4.05. The molecule has 0 aliphatic heterocycles. The van der Waals surface area contributed by atoms with E-state index in [1.807, 2.05) is 31.2 Å². The summed E-state index contributed by atoms with van der Waals surface area (Å²) in [5.74, 6) is 6.87. The number of ether oxygens (including phenoxy) is 2. The molecule has 0 spiro atoms. The second kappa shape index (κ2) is 9.64. The van der Waals surface area contributed by atoms with Crippen molar-refractivity contribution in [1.29, 1.82) is 0 Å². The summed E-state index contributed by atoms with van der Waals surface area (Å²) in [5.41, 5.74) is 2.65. The molecule has 8 heteroatoms. The Balaban J connectivity index is 1.73. The maximum atomic E-state index is 10.9. The third-order valence-corrected chi connectivity index (χ3v) is 5.17. The Kier molecular flexibility index (Phi) is 6.30. The summed E-state index contributed by atoms with van der Waals surface area (Å²) >= 11 is 1.63. The molecule has 0 saturated heterocycles. The van der Waals surface area contributed by atoms with Crippen LogP contribution in [0, 0.1) is 18.8 Å².